The van der Waals surface area contributed by atoms with Crippen LogP contribution in [0, 0.1) is 0 Å². The van der Waals surface area contributed by atoms with Crippen LogP contribution in [0.3, 0.4) is 0 Å². The first-order valence-corrected chi connectivity index (χ1v) is 7.17. The van der Waals surface area contributed by atoms with Gasteiger partial charge in [-0.05, 0) is 35.9 Å². The molecule has 0 aromatic heterocycles. The molecule has 0 spiro atoms. The number of halogens is 1. The molecule has 0 radical (unpaired) electrons. The van der Waals surface area contributed by atoms with E-state index in [4.69, 9.17) is 5.73 Å². The molecule has 19 heavy (non-hydrogen) atoms. The summed E-state index contributed by atoms with van der Waals surface area (Å²) in [6.07, 6.45) is 0. The minimum Gasteiger partial charge on any atom is -0.326 e. The molecule has 0 unspecified atom stereocenters. The zero-order valence-corrected chi connectivity index (χ0v) is 12.7. The van der Waals surface area contributed by atoms with Crippen LogP contribution in [0.5, 0.6) is 0 Å². The lowest BCUT2D eigenvalue weighted by Crippen LogP contribution is -2.17. The standard InChI is InChI=1S/C16H19BrN2/c1-19(12-15-3-2-4-16(17)9-15)11-14-7-5-13(10-18)6-8-14/h2-9H,10-12,18H2,1H3. The van der Waals surface area contributed by atoms with Crippen molar-refractivity contribution in [3.8, 4) is 0 Å². The Bertz CT molecular complexity index is 523. The highest BCUT2D eigenvalue weighted by atomic mass is 79.9. The van der Waals surface area contributed by atoms with Gasteiger partial charge in [-0.1, -0.05) is 52.3 Å². The van der Waals surface area contributed by atoms with Crippen LogP contribution in [0.15, 0.2) is 53.0 Å². The number of hydrogen-bond donors (Lipinski definition) is 1. The van der Waals surface area contributed by atoms with Gasteiger partial charge in [-0.15, -0.1) is 0 Å². The zero-order chi connectivity index (χ0) is 13.7. The van der Waals surface area contributed by atoms with Crippen molar-refractivity contribution in [3.63, 3.8) is 0 Å². The number of nitrogens with two attached hydrogens (primary N) is 1. The molecule has 2 N–H and O–H groups in total. The average Bonchev–Trinajstić information content (AvgIpc) is 2.39. The normalized spacial score (nSPS) is 10.9. The molecule has 0 aliphatic rings. The second-order valence-electron chi connectivity index (χ2n) is 4.82. The van der Waals surface area contributed by atoms with Crippen molar-refractivity contribution in [3.05, 3.63) is 69.7 Å². The van der Waals surface area contributed by atoms with Crippen LogP contribution in [-0.4, -0.2) is 11.9 Å². The van der Waals surface area contributed by atoms with Gasteiger partial charge in [-0.2, -0.15) is 0 Å². The lowest BCUT2D eigenvalue weighted by atomic mass is 10.1. The summed E-state index contributed by atoms with van der Waals surface area (Å²) in [7, 11) is 2.14. The van der Waals surface area contributed by atoms with Gasteiger partial charge in [0.25, 0.3) is 0 Å². The van der Waals surface area contributed by atoms with E-state index in [0.29, 0.717) is 6.54 Å². The van der Waals surface area contributed by atoms with E-state index in [2.05, 4.69) is 76.4 Å². The third-order valence-corrected chi connectivity index (χ3v) is 3.55. The van der Waals surface area contributed by atoms with Crippen molar-refractivity contribution in [1.29, 1.82) is 0 Å². The molecule has 0 saturated carbocycles. The summed E-state index contributed by atoms with van der Waals surface area (Å²) in [5.74, 6) is 0. The number of hydrogen-bond acceptors (Lipinski definition) is 2. The molecule has 0 atom stereocenters. The number of nitrogens with zero attached hydrogens (tertiary/aromatic N) is 1. The topological polar surface area (TPSA) is 29.3 Å². The van der Waals surface area contributed by atoms with Crippen LogP contribution in [0.4, 0.5) is 0 Å². The van der Waals surface area contributed by atoms with Crippen LogP contribution in [-0.2, 0) is 19.6 Å². The van der Waals surface area contributed by atoms with E-state index in [9.17, 15) is 0 Å². The van der Waals surface area contributed by atoms with E-state index < -0.39 is 0 Å². The quantitative estimate of drug-likeness (QED) is 0.913. The SMILES string of the molecule is CN(Cc1ccc(CN)cc1)Cc1cccc(Br)c1. The Morgan fingerprint density at radius 2 is 1.58 bits per heavy atom. The second-order valence-corrected chi connectivity index (χ2v) is 5.74. The summed E-state index contributed by atoms with van der Waals surface area (Å²) >= 11 is 3.50. The minimum absolute atomic E-state index is 0.605. The van der Waals surface area contributed by atoms with E-state index in [1.165, 1.54) is 16.7 Å². The fourth-order valence-electron chi connectivity index (χ4n) is 2.10. The first-order valence-electron chi connectivity index (χ1n) is 6.38. The number of benzene rings is 2. The first-order chi connectivity index (χ1) is 9.17. The third-order valence-electron chi connectivity index (χ3n) is 3.05. The van der Waals surface area contributed by atoms with Gasteiger partial charge in [0, 0.05) is 24.1 Å². The molecule has 0 bridgehead atoms. The number of rotatable bonds is 5. The largest absolute Gasteiger partial charge is 0.326 e. The van der Waals surface area contributed by atoms with Crippen molar-refractivity contribution in [2.24, 2.45) is 5.73 Å². The lowest BCUT2D eigenvalue weighted by Gasteiger charge is -2.17. The predicted octanol–water partition coefficient (Wildman–Crippen LogP) is 3.54. The maximum atomic E-state index is 5.60. The van der Waals surface area contributed by atoms with Gasteiger partial charge in [-0.25, -0.2) is 0 Å². The van der Waals surface area contributed by atoms with Crippen molar-refractivity contribution in [2.45, 2.75) is 19.6 Å². The van der Waals surface area contributed by atoms with Crippen LogP contribution in [0.2, 0.25) is 0 Å². The summed E-state index contributed by atoms with van der Waals surface area (Å²) in [6, 6.07) is 16.9. The molecular formula is C16H19BrN2. The van der Waals surface area contributed by atoms with Crippen LogP contribution < -0.4 is 5.73 Å². The zero-order valence-electron chi connectivity index (χ0n) is 11.1. The Morgan fingerprint density at radius 1 is 0.947 bits per heavy atom. The highest BCUT2D eigenvalue weighted by Gasteiger charge is 2.02. The molecule has 0 aliphatic carbocycles. The van der Waals surface area contributed by atoms with E-state index in [1.807, 2.05) is 0 Å². The second kappa shape index (κ2) is 6.85. The summed E-state index contributed by atoms with van der Waals surface area (Å²) in [6.45, 7) is 2.49. The van der Waals surface area contributed by atoms with Crippen molar-refractivity contribution < 1.29 is 0 Å². The van der Waals surface area contributed by atoms with Gasteiger partial charge in [0.15, 0.2) is 0 Å². The van der Waals surface area contributed by atoms with Gasteiger partial charge < -0.3 is 5.73 Å². The molecule has 0 saturated heterocycles. The molecule has 0 heterocycles. The van der Waals surface area contributed by atoms with Crippen molar-refractivity contribution in [1.82, 2.24) is 4.90 Å². The summed E-state index contributed by atoms with van der Waals surface area (Å²) in [5.41, 5.74) is 9.41. The van der Waals surface area contributed by atoms with E-state index >= 15 is 0 Å². The molecule has 2 nitrogen and oxygen atoms in total. The summed E-state index contributed by atoms with van der Waals surface area (Å²) < 4.78 is 1.13. The maximum Gasteiger partial charge on any atom is 0.0234 e. The van der Waals surface area contributed by atoms with Crippen LogP contribution >= 0.6 is 15.9 Å². The van der Waals surface area contributed by atoms with Gasteiger partial charge in [-0.3, -0.25) is 4.90 Å². The molecule has 2 aromatic rings. The molecular weight excluding hydrogens is 300 g/mol. The fourth-order valence-corrected chi connectivity index (χ4v) is 2.54. The fraction of sp³-hybridized carbons (Fsp3) is 0.250. The molecule has 100 valence electrons. The predicted molar refractivity (Wildman–Crippen MR) is 83.6 cm³/mol. The Hall–Kier alpha value is -1.16. The Morgan fingerprint density at radius 3 is 2.21 bits per heavy atom. The molecule has 3 heteroatoms. The molecule has 2 rings (SSSR count). The van der Waals surface area contributed by atoms with Crippen LogP contribution in [0.25, 0.3) is 0 Å². The van der Waals surface area contributed by atoms with E-state index in [0.717, 1.165) is 17.6 Å². The van der Waals surface area contributed by atoms with Gasteiger partial charge in [0.05, 0.1) is 0 Å². The molecule has 0 aliphatic heterocycles. The minimum atomic E-state index is 0.605. The summed E-state index contributed by atoms with van der Waals surface area (Å²) in [4.78, 5) is 2.30. The van der Waals surface area contributed by atoms with Gasteiger partial charge in [0.1, 0.15) is 0 Å². The lowest BCUT2D eigenvalue weighted by molar-refractivity contribution is 0.319. The van der Waals surface area contributed by atoms with Gasteiger partial charge in [0.2, 0.25) is 0 Å². The van der Waals surface area contributed by atoms with Crippen LogP contribution in [0.1, 0.15) is 16.7 Å². The highest BCUT2D eigenvalue weighted by molar-refractivity contribution is 9.10. The third kappa shape index (κ3) is 4.46. The molecule has 0 amide bonds. The maximum absolute atomic E-state index is 5.60. The highest BCUT2D eigenvalue weighted by Crippen LogP contribution is 2.14. The Kier molecular flexibility index (Phi) is 5.14. The van der Waals surface area contributed by atoms with E-state index in [-0.39, 0.29) is 0 Å². The molecule has 0 fully saturated rings. The molecule has 2 aromatic carbocycles. The van der Waals surface area contributed by atoms with Crippen molar-refractivity contribution >= 4 is 15.9 Å². The Labute approximate surface area is 123 Å². The summed E-state index contributed by atoms with van der Waals surface area (Å²) in [5, 5.41) is 0. The van der Waals surface area contributed by atoms with Crippen molar-refractivity contribution in [2.75, 3.05) is 7.05 Å². The monoisotopic (exact) mass is 318 g/mol. The Balaban J connectivity index is 1.95. The van der Waals surface area contributed by atoms with E-state index in [1.54, 1.807) is 0 Å². The van der Waals surface area contributed by atoms with Gasteiger partial charge >= 0.3 is 0 Å². The first kappa shape index (κ1) is 14.3. The smallest absolute Gasteiger partial charge is 0.0234 e. The average molecular weight is 319 g/mol.